The topological polar surface area (TPSA) is 24.9 Å². The average Bonchev–Trinajstić information content (AvgIpc) is 2.48. The fraction of sp³-hybridized carbons (Fsp3) is 0.353. The van der Waals surface area contributed by atoms with Crippen molar-refractivity contribution in [3.63, 3.8) is 0 Å². The molecule has 1 N–H and O–H groups in total. The van der Waals surface area contributed by atoms with E-state index in [0.29, 0.717) is 12.1 Å². The fourth-order valence-electron chi connectivity index (χ4n) is 2.92. The first-order chi connectivity index (χ1) is 9.74. The lowest BCUT2D eigenvalue weighted by molar-refractivity contribution is 0.406. The Morgan fingerprint density at radius 1 is 1.25 bits per heavy atom. The summed E-state index contributed by atoms with van der Waals surface area (Å²) in [5.74, 6) is 0. The number of benzene rings is 1. The molecule has 20 heavy (non-hydrogen) atoms. The number of nitrogens with one attached hydrogen (secondary N) is 1. The quantitative estimate of drug-likeness (QED) is 0.891. The van der Waals surface area contributed by atoms with E-state index in [0.717, 1.165) is 10.9 Å². The lowest BCUT2D eigenvalue weighted by Crippen LogP contribution is -2.28. The molecule has 0 saturated carbocycles. The minimum atomic E-state index is 0.334. The molecule has 2 atom stereocenters. The van der Waals surface area contributed by atoms with Gasteiger partial charge in [-0.1, -0.05) is 34.1 Å². The van der Waals surface area contributed by atoms with Gasteiger partial charge in [0.25, 0.3) is 0 Å². The standard InChI is InChI=1S/C17H19BrN2/c1-12(13-7-9-15(18)10-8-13)20-16-6-2-4-14-5-3-11-19-17(14)16/h3,5,7-12,16,20H,2,4,6H2,1H3. The van der Waals surface area contributed by atoms with Gasteiger partial charge in [0.05, 0.1) is 11.7 Å². The van der Waals surface area contributed by atoms with Crippen LogP contribution in [0, 0.1) is 0 Å². The van der Waals surface area contributed by atoms with Gasteiger partial charge in [0.1, 0.15) is 0 Å². The van der Waals surface area contributed by atoms with Crippen LogP contribution in [0.1, 0.15) is 48.7 Å². The van der Waals surface area contributed by atoms with Crippen LogP contribution in [0.15, 0.2) is 47.1 Å². The summed E-state index contributed by atoms with van der Waals surface area (Å²) in [5, 5.41) is 3.73. The van der Waals surface area contributed by atoms with Crippen molar-refractivity contribution in [1.82, 2.24) is 10.3 Å². The third kappa shape index (κ3) is 2.94. The lowest BCUT2D eigenvalue weighted by atomic mass is 9.91. The van der Waals surface area contributed by atoms with Gasteiger partial charge in [0.2, 0.25) is 0 Å². The molecule has 0 fully saturated rings. The number of pyridine rings is 1. The largest absolute Gasteiger partial charge is 0.302 e. The summed E-state index contributed by atoms with van der Waals surface area (Å²) in [6.45, 7) is 2.22. The second-order valence-electron chi connectivity index (χ2n) is 5.43. The minimum absolute atomic E-state index is 0.334. The Morgan fingerprint density at radius 2 is 2.05 bits per heavy atom. The van der Waals surface area contributed by atoms with E-state index in [1.807, 2.05) is 12.3 Å². The summed E-state index contributed by atoms with van der Waals surface area (Å²) in [6.07, 6.45) is 5.48. The van der Waals surface area contributed by atoms with Crippen LogP contribution in [0.4, 0.5) is 0 Å². The highest BCUT2D eigenvalue weighted by Gasteiger charge is 2.22. The second-order valence-corrected chi connectivity index (χ2v) is 6.35. The average molecular weight is 331 g/mol. The molecule has 3 rings (SSSR count). The molecule has 1 heterocycles. The Bertz CT molecular complexity index is 580. The summed E-state index contributed by atoms with van der Waals surface area (Å²) in [6, 6.07) is 13.5. The Hall–Kier alpha value is -1.19. The molecule has 2 aromatic rings. The minimum Gasteiger partial charge on any atom is -0.302 e. The molecule has 3 heteroatoms. The molecule has 0 radical (unpaired) electrons. The molecule has 1 aromatic carbocycles. The van der Waals surface area contributed by atoms with Crippen LogP contribution in [0.25, 0.3) is 0 Å². The zero-order valence-corrected chi connectivity index (χ0v) is 13.2. The molecule has 104 valence electrons. The van der Waals surface area contributed by atoms with Crippen LogP contribution in [0.2, 0.25) is 0 Å². The Labute approximate surface area is 128 Å². The number of hydrogen-bond acceptors (Lipinski definition) is 2. The van der Waals surface area contributed by atoms with E-state index >= 15 is 0 Å². The van der Waals surface area contributed by atoms with Gasteiger partial charge < -0.3 is 5.32 Å². The maximum absolute atomic E-state index is 4.59. The van der Waals surface area contributed by atoms with E-state index in [2.05, 4.69) is 63.5 Å². The van der Waals surface area contributed by atoms with Gasteiger partial charge >= 0.3 is 0 Å². The number of hydrogen-bond donors (Lipinski definition) is 1. The third-order valence-electron chi connectivity index (χ3n) is 4.02. The van der Waals surface area contributed by atoms with Crippen LogP contribution in [-0.2, 0) is 6.42 Å². The monoisotopic (exact) mass is 330 g/mol. The van der Waals surface area contributed by atoms with Crippen molar-refractivity contribution in [1.29, 1.82) is 0 Å². The number of aryl methyl sites for hydroxylation is 1. The Kier molecular flexibility index (Phi) is 4.18. The number of fused-ring (bicyclic) bond motifs is 1. The fourth-order valence-corrected chi connectivity index (χ4v) is 3.19. The van der Waals surface area contributed by atoms with Crippen molar-refractivity contribution < 1.29 is 0 Å². The Morgan fingerprint density at radius 3 is 2.85 bits per heavy atom. The van der Waals surface area contributed by atoms with Gasteiger partial charge in [0, 0.05) is 16.7 Å². The van der Waals surface area contributed by atoms with Gasteiger partial charge in [0.15, 0.2) is 0 Å². The zero-order chi connectivity index (χ0) is 13.9. The van der Waals surface area contributed by atoms with E-state index in [1.165, 1.54) is 29.7 Å². The molecule has 1 aliphatic rings. The van der Waals surface area contributed by atoms with E-state index in [9.17, 15) is 0 Å². The number of rotatable bonds is 3. The second kappa shape index (κ2) is 6.06. The number of aromatic nitrogens is 1. The number of halogens is 1. The first-order valence-electron chi connectivity index (χ1n) is 7.19. The van der Waals surface area contributed by atoms with Crippen molar-refractivity contribution >= 4 is 15.9 Å². The highest BCUT2D eigenvalue weighted by molar-refractivity contribution is 9.10. The zero-order valence-electron chi connectivity index (χ0n) is 11.6. The molecule has 0 spiro atoms. The van der Waals surface area contributed by atoms with E-state index < -0.39 is 0 Å². The predicted octanol–water partition coefficient (Wildman–Crippen LogP) is 4.57. The molecule has 0 aliphatic heterocycles. The first-order valence-corrected chi connectivity index (χ1v) is 7.98. The summed E-state index contributed by atoms with van der Waals surface area (Å²) in [5.41, 5.74) is 3.96. The highest BCUT2D eigenvalue weighted by atomic mass is 79.9. The molecule has 2 nitrogen and oxygen atoms in total. The highest BCUT2D eigenvalue weighted by Crippen LogP contribution is 2.30. The SMILES string of the molecule is CC(NC1CCCc2cccnc21)c1ccc(Br)cc1. The molecule has 1 aliphatic carbocycles. The van der Waals surface area contributed by atoms with Crippen molar-refractivity contribution in [3.05, 3.63) is 63.9 Å². The van der Waals surface area contributed by atoms with Gasteiger partial charge in [-0.2, -0.15) is 0 Å². The maximum Gasteiger partial charge on any atom is 0.0605 e. The van der Waals surface area contributed by atoms with E-state index in [4.69, 9.17) is 0 Å². The summed E-state index contributed by atoms with van der Waals surface area (Å²) in [4.78, 5) is 4.59. The van der Waals surface area contributed by atoms with Crippen LogP contribution < -0.4 is 5.32 Å². The lowest BCUT2D eigenvalue weighted by Gasteiger charge is -2.28. The van der Waals surface area contributed by atoms with Gasteiger partial charge in [-0.25, -0.2) is 0 Å². The van der Waals surface area contributed by atoms with E-state index in [1.54, 1.807) is 0 Å². The molecule has 0 amide bonds. The summed E-state index contributed by atoms with van der Waals surface area (Å²) >= 11 is 3.48. The van der Waals surface area contributed by atoms with E-state index in [-0.39, 0.29) is 0 Å². The maximum atomic E-state index is 4.59. The molecule has 2 unspecified atom stereocenters. The third-order valence-corrected chi connectivity index (χ3v) is 4.54. The van der Waals surface area contributed by atoms with Crippen molar-refractivity contribution in [3.8, 4) is 0 Å². The van der Waals surface area contributed by atoms with Crippen molar-refractivity contribution in [2.24, 2.45) is 0 Å². The first kappa shape index (κ1) is 13.8. The predicted molar refractivity (Wildman–Crippen MR) is 85.6 cm³/mol. The van der Waals surface area contributed by atoms with Crippen molar-refractivity contribution in [2.75, 3.05) is 0 Å². The normalized spacial score (nSPS) is 19.4. The molecular formula is C17H19BrN2. The van der Waals surface area contributed by atoms with Gasteiger partial charge in [-0.05, 0) is 55.5 Å². The smallest absolute Gasteiger partial charge is 0.0605 e. The Balaban J connectivity index is 1.77. The molecular weight excluding hydrogens is 312 g/mol. The van der Waals surface area contributed by atoms with Crippen LogP contribution in [-0.4, -0.2) is 4.98 Å². The summed E-state index contributed by atoms with van der Waals surface area (Å²) in [7, 11) is 0. The van der Waals surface area contributed by atoms with Gasteiger partial charge in [-0.3, -0.25) is 4.98 Å². The molecule has 0 saturated heterocycles. The number of nitrogens with zero attached hydrogens (tertiary/aromatic N) is 1. The molecule has 0 bridgehead atoms. The van der Waals surface area contributed by atoms with Crippen LogP contribution in [0.3, 0.4) is 0 Å². The van der Waals surface area contributed by atoms with Crippen molar-refractivity contribution in [2.45, 2.75) is 38.3 Å². The summed E-state index contributed by atoms with van der Waals surface area (Å²) < 4.78 is 1.12. The van der Waals surface area contributed by atoms with Crippen LogP contribution in [0.5, 0.6) is 0 Å². The van der Waals surface area contributed by atoms with Gasteiger partial charge in [-0.15, -0.1) is 0 Å². The van der Waals surface area contributed by atoms with Crippen LogP contribution >= 0.6 is 15.9 Å². The molecule has 1 aromatic heterocycles.